The van der Waals surface area contributed by atoms with Gasteiger partial charge in [-0.15, -0.1) is 0 Å². The topological polar surface area (TPSA) is 20.2 Å². The van der Waals surface area contributed by atoms with Gasteiger partial charge in [0.15, 0.2) is 0 Å². The molecule has 0 atom stereocenters. The Kier molecular flexibility index (Phi) is 3.65. The summed E-state index contributed by atoms with van der Waals surface area (Å²) < 4.78 is 0. The molecule has 0 amide bonds. The van der Waals surface area contributed by atoms with E-state index in [4.69, 9.17) is 0 Å². The molecule has 0 saturated heterocycles. The molecule has 0 aromatic heterocycles. The van der Waals surface area contributed by atoms with E-state index in [0.717, 1.165) is 18.2 Å². The number of phenols is 1. The first-order chi connectivity index (χ1) is 13.5. The first-order valence-corrected chi connectivity index (χ1v) is 10.9. The smallest absolute Gasteiger partial charge is 0.123 e. The minimum Gasteiger partial charge on any atom is -0.507 e. The van der Waals surface area contributed by atoms with Crippen molar-refractivity contribution >= 4 is 10.8 Å². The minimum atomic E-state index is -0.0293. The molecule has 29 heavy (non-hydrogen) atoms. The first-order valence-electron chi connectivity index (χ1n) is 10.9. The molecule has 1 fully saturated rings. The Bertz CT molecular complexity index is 1150. The minimum absolute atomic E-state index is 0.0293. The van der Waals surface area contributed by atoms with Crippen LogP contribution in [0.3, 0.4) is 0 Å². The summed E-state index contributed by atoms with van der Waals surface area (Å²) in [7, 11) is 0. The van der Waals surface area contributed by atoms with Crippen molar-refractivity contribution < 1.29 is 5.11 Å². The molecule has 1 nitrogen and oxygen atoms in total. The van der Waals surface area contributed by atoms with Crippen molar-refractivity contribution in [3.63, 3.8) is 0 Å². The third-order valence-corrected chi connectivity index (χ3v) is 7.26. The highest BCUT2D eigenvalue weighted by molar-refractivity contribution is 6.05. The fourth-order valence-electron chi connectivity index (χ4n) is 7.10. The zero-order valence-corrected chi connectivity index (χ0v) is 18.6. The molecular weight excluding hydrogens is 352 g/mol. The molecular formula is C28H32O. The van der Waals surface area contributed by atoms with E-state index in [1.54, 1.807) is 0 Å². The molecule has 2 aliphatic carbocycles. The lowest BCUT2D eigenvalue weighted by atomic mass is 9.52. The summed E-state index contributed by atoms with van der Waals surface area (Å²) in [6.45, 7) is 14.0. The molecule has 2 aliphatic rings. The monoisotopic (exact) mass is 384 g/mol. The fraction of sp³-hybridized carbons (Fsp3) is 0.429. The predicted octanol–water partition coefficient (Wildman–Crippen LogP) is 7.67. The zero-order valence-electron chi connectivity index (χ0n) is 18.6. The third-order valence-electron chi connectivity index (χ3n) is 7.26. The van der Waals surface area contributed by atoms with E-state index in [1.807, 2.05) is 0 Å². The van der Waals surface area contributed by atoms with E-state index in [0.29, 0.717) is 5.75 Å². The Morgan fingerprint density at radius 2 is 1.31 bits per heavy atom. The quantitative estimate of drug-likeness (QED) is 0.422. The maximum atomic E-state index is 11.1. The molecule has 0 radical (unpaired) electrons. The molecule has 5 rings (SSSR count). The Morgan fingerprint density at radius 3 is 2.00 bits per heavy atom. The van der Waals surface area contributed by atoms with Gasteiger partial charge in [-0.2, -0.15) is 0 Å². The Labute approximate surface area is 174 Å². The molecule has 0 aliphatic heterocycles. The van der Waals surface area contributed by atoms with Crippen molar-refractivity contribution in [2.75, 3.05) is 0 Å². The summed E-state index contributed by atoms with van der Waals surface area (Å²) >= 11 is 0. The highest BCUT2D eigenvalue weighted by atomic mass is 16.3. The van der Waals surface area contributed by atoms with Crippen LogP contribution in [0.5, 0.6) is 5.75 Å². The highest BCUT2D eigenvalue weighted by Crippen LogP contribution is 2.64. The molecule has 0 unspecified atom stereocenters. The molecule has 1 N–H and O–H groups in total. The van der Waals surface area contributed by atoms with Crippen molar-refractivity contribution in [3.05, 3.63) is 64.7 Å². The van der Waals surface area contributed by atoms with Crippen LogP contribution in [0.4, 0.5) is 0 Å². The zero-order chi connectivity index (χ0) is 20.8. The summed E-state index contributed by atoms with van der Waals surface area (Å²) in [5.74, 6) is 0.424. The van der Waals surface area contributed by atoms with Gasteiger partial charge in [-0.05, 0) is 83.7 Å². The number of rotatable bonds is 0. The third kappa shape index (κ3) is 2.66. The van der Waals surface area contributed by atoms with E-state index in [1.165, 1.54) is 45.2 Å². The van der Waals surface area contributed by atoms with Crippen molar-refractivity contribution in [2.45, 2.75) is 66.2 Å². The lowest BCUT2D eigenvalue weighted by Crippen LogP contribution is -2.43. The van der Waals surface area contributed by atoms with Crippen LogP contribution in [-0.2, 0) is 5.41 Å². The van der Waals surface area contributed by atoms with Gasteiger partial charge in [0.2, 0.25) is 0 Å². The second-order valence-corrected chi connectivity index (χ2v) is 11.4. The number of fused-ring (bicyclic) bond motifs is 7. The fourth-order valence-corrected chi connectivity index (χ4v) is 7.10. The van der Waals surface area contributed by atoms with Crippen LogP contribution < -0.4 is 0 Å². The molecule has 1 spiro atoms. The number of hydrogen-bond donors (Lipinski definition) is 1. The molecule has 3 aromatic rings. The maximum Gasteiger partial charge on any atom is 0.123 e. The van der Waals surface area contributed by atoms with Crippen molar-refractivity contribution in [3.8, 4) is 16.9 Å². The molecule has 1 heteroatoms. The summed E-state index contributed by atoms with van der Waals surface area (Å²) in [5, 5.41) is 13.2. The van der Waals surface area contributed by atoms with Gasteiger partial charge in [-0.25, -0.2) is 0 Å². The standard InChI is InChI=1S/C28H32O/c1-17-7-9-19-21(11-17)24(29)13-23-25(19)20-10-8-18(2)12-22(20)28(23)15-26(3,4)14-27(5,6)16-28/h7-13,29H,14-16H2,1-6H3. The second kappa shape index (κ2) is 5.65. The van der Waals surface area contributed by atoms with Crippen molar-refractivity contribution in [1.29, 1.82) is 0 Å². The van der Waals surface area contributed by atoms with Gasteiger partial charge in [0.25, 0.3) is 0 Å². The Balaban J connectivity index is 1.92. The lowest BCUT2D eigenvalue weighted by molar-refractivity contribution is 0.0645. The number of benzene rings is 3. The summed E-state index contributed by atoms with van der Waals surface area (Å²) in [6, 6.07) is 15.6. The van der Waals surface area contributed by atoms with Crippen molar-refractivity contribution in [2.24, 2.45) is 10.8 Å². The summed E-state index contributed by atoms with van der Waals surface area (Å²) in [5.41, 5.74) is 8.51. The van der Waals surface area contributed by atoms with Crippen LogP contribution in [-0.4, -0.2) is 5.11 Å². The molecule has 0 heterocycles. The van der Waals surface area contributed by atoms with Gasteiger partial charge in [-0.3, -0.25) is 0 Å². The van der Waals surface area contributed by atoms with E-state index < -0.39 is 0 Å². The van der Waals surface area contributed by atoms with Crippen LogP contribution in [0.2, 0.25) is 0 Å². The lowest BCUT2D eigenvalue weighted by Gasteiger charge is -2.51. The van der Waals surface area contributed by atoms with Gasteiger partial charge in [0.1, 0.15) is 5.75 Å². The van der Waals surface area contributed by atoms with Crippen LogP contribution in [0.15, 0.2) is 42.5 Å². The Morgan fingerprint density at radius 1 is 0.690 bits per heavy atom. The van der Waals surface area contributed by atoms with E-state index in [9.17, 15) is 5.11 Å². The number of hydrogen-bond acceptors (Lipinski definition) is 1. The van der Waals surface area contributed by atoms with Gasteiger partial charge in [-0.1, -0.05) is 69.2 Å². The summed E-state index contributed by atoms with van der Waals surface area (Å²) in [6.07, 6.45) is 3.49. The maximum absolute atomic E-state index is 11.1. The second-order valence-electron chi connectivity index (χ2n) is 11.4. The normalized spacial score (nSPS) is 20.6. The number of aromatic hydroxyl groups is 1. The van der Waals surface area contributed by atoms with E-state index in [-0.39, 0.29) is 16.2 Å². The molecule has 150 valence electrons. The van der Waals surface area contributed by atoms with Gasteiger partial charge >= 0.3 is 0 Å². The number of phenolic OH excluding ortho intramolecular Hbond substituents is 1. The van der Waals surface area contributed by atoms with E-state index >= 15 is 0 Å². The Hall–Kier alpha value is -2.28. The SMILES string of the molecule is Cc1ccc2c(c1)C1(CC(C)(C)CC(C)(C)C1)c1cc(O)c3cc(C)ccc3c1-2. The van der Waals surface area contributed by atoms with Crippen molar-refractivity contribution in [1.82, 2.24) is 0 Å². The van der Waals surface area contributed by atoms with Crippen LogP contribution in [0.1, 0.15) is 69.2 Å². The van der Waals surface area contributed by atoms with Crippen LogP contribution in [0.25, 0.3) is 21.9 Å². The molecule has 3 aromatic carbocycles. The predicted molar refractivity (Wildman–Crippen MR) is 123 cm³/mol. The highest BCUT2D eigenvalue weighted by Gasteiger charge is 2.53. The molecule has 0 bridgehead atoms. The largest absolute Gasteiger partial charge is 0.507 e. The van der Waals surface area contributed by atoms with Gasteiger partial charge < -0.3 is 5.11 Å². The van der Waals surface area contributed by atoms with Gasteiger partial charge in [0, 0.05) is 10.8 Å². The average Bonchev–Trinajstić information content (AvgIpc) is 2.81. The number of aryl methyl sites for hydroxylation is 2. The van der Waals surface area contributed by atoms with Crippen LogP contribution >= 0.6 is 0 Å². The average molecular weight is 385 g/mol. The summed E-state index contributed by atoms with van der Waals surface area (Å²) in [4.78, 5) is 0. The van der Waals surface area contributed by atoms with Crippen LogP contribution in [0, 0.1) is 24.7 Å². The van der Waals surface area contributed by atoms with E-state index in [2.05, 4.69) is 84.0 Å². The van der Waals surface area contributed by atoms with Gasteiger partial charge in [0.05, 0.1) is 0 Å². The molecule has 1 saturated carbocycles. The first kappa shape index (κ1) is 18.7.